The van der Waals surface area contributed by atoms with Crippen molar-refractivity contribution >= 4 is 5.91 Å². The Kier molecular flexibility index (Phi) is 17.4. The lowest BCUT2D eigenvalue weighted by Gasteiger charge is -2.26. The number of likely N-dealkylation sites (tertiary alicyclic amines) is 1. The fourth-order valence-electron chi connectivity index (χ4n) is 5.30. The number of amides is 1. The number of methoxy groups -OCH3 is 2. The maximum Gasteiger partial charge on any atom is 0.225 e. The number of allylic oxidation sites excluding steroid dienone is 1. The number of hydrogen-bond donors (Lipinski definition) is 0. The lowest BCUT2D eigenvalue weighted by atomic mass is 10.0. The molecule has 1 aliphatic heterocycles. The molecular formula is C31H54N2O4. The van der Waals surface area contributed by atoms with Gasteiger partial charge in [-0.15, -0.1) is 6.58 Å². The third kappa shape index (κ3) is 12.1. The van der Waals surface area contributed by atoms with Gasteiger partial charge in [-0.1, -0.05) is 57.5 Å². The number of benzene rings is 1. The minimum atomic E-state index is -0.390. The lowest BCUT2D eigenvalue weighted by molar-refractivity contribution is -0.146. The van der Waals surface area contributed by atoms with Gasteiger partial charge in [0, 0.05) is 40.4 Å². The minimum Gasteiger partial charge on any atom is -0.381 e. The number of carbonyl (C=O) groups excluding carboxylic acids is 1. The molecule has 6 heteroatoms. The second kappa shape index (κ2) is 19.4. The largest absolute Gasteiger partial charge is 0.381 e. The van der Waals surface area contributed by atoms with E-state index in [1.165, 1.54) is 43.5 Å². The van der Waals surface area contributed by atoms with E-state index >= 15 is 0 Å². The monoisotopic (exact) mass is 518 g/mol. The zero-order chi connectivity index (χ0) is 26.2. The van der Waals surface area contributed by atoms with Crippen LogP contribution in [0.25, 0.3) is 0 Å². The van der Waals surface area contributed by atoms with E-state index in [0.717, 1.165) is 44.2 Å². The van der Waals surface area contributed by atoms with Crippen molar-refractivity contribution in [3.05, 3.63) is 48.0 Å². The van der Waals surface area contributed by atoms with Gasteiger partial charge in [-0.25, -0.2) is 0 Å². The molecule has 1 aromatic rings. The van der Waals surface area contributed by atoms with Crippen LogP contribution in [0.5, 0.6) is 0 Å². The molecule has 1 heterocycles. The van der Waals surface area contributed by atoms with Crippen LogP contribution in [0.3, 0.4) is 0 Å². The van der Waals surface area contributed by atoms with Crippen molar-refractivity contribution < 1.29 is 19.0 Å². The summed E-state index contributed by atoms with van der Waals surface area (Å²) in [4.78, 5) is 17.1. The second-order valence-corrected chi connectivity index (χ2v) is 10.1. The highest BCUT2D eigenvalue weighted by molar-refractivity contribution is 5.76. The number of unbranched alkanes of at least 4 members (excludes halogenated alkanes) is 1. The van der Waals surface area contributed by atoms with Crippen LogP contribution in [-0.2, 0) is 32.0 Å². The van der Waals surface area contributed by atoms with E-state index in [2.05, 4.69) is 42.7 Å². The van der Waals surface area contributed by atoms with Crippen LogP contribution in [-0.4, -0.2) is 75.6 Å². The van der Waals surface area contributed by atoms with Gasteiger partial charge >= 0.3 is 0 Å². The summed E-state index contributed by atoms with van der Waals surface area (Å²) in [7, 11) is 3.20. The molecule has 2 fully saturated rings. The number of nitrogens with zero attached hydrogens (tertiary/aromatic N) is 2. The minimum absolute atomic E-state index is 0. The Bertz CT molecular complexity index is 740. The first-order chi connectivity index (χ1) is 17.5. The van der Waals surface area contributed by atoms with Crippen molar-refractivity contribution in [1.29, 1.82) is 0 Å². The standard InChI is InChI=1S/C27H44N2O4.C3H6.CH4/c1-4-5-14-29(21-27(31-2)32-3)26(30)13-16-33-15-12-22-8-6-9-23(17-22)18-28-19-24-10-7-11-25(24)20-28;1-3-2;/h6,8-9,17,24-25,27H,4-5,7,10-16,18-21H2,1-3H3;3H,1H2,2H3;1H4. The van der Waals surface area contributed by atoms with E-state index in [4.69, 9.17) is 14.2 Å². The van der Waals surface area contributed by atoms with Crippen molar-refractivity contribution in [2.24, 2.45) is 11.8 Å². The smallest absolute Gasteiger partial charge is 0.225 e. The van der Waals surface area contributed by atoms with Gasteiger partial charge < -0.3 is 19.1 Å². The van der Waals surface area contributed by atoms with Crippen molar-refractivity contribution in [1.82, 2.24) is 9.80 Å². The topological polar surface area (TPSA) is 51.2 Å². The molecule has 37 heavy (non-hydrogen) atoms. The van der Waals surface area contributed by atoms with E-state index in [0.29, 0.717) is 26.2 Å². The highest BCUT2D eigenvalue weighted by Crippen LogP contribution is 2.38. The van der Waals surface area contributed by atoms with E-state index < -0.39 is 0 Å². The SMILES string of the molecule is C.C=CC.CCCCN(CC(OC)OC)C(=O)CCOCCc1cccc(CN2CC3CCCC3C2)c1. The van der Waals surface area contributed by atoms with E-state index in [-0.39, 0.29) is 19.6 Å². The second-order valence-electron chi connectivity index (χ2n) is 10.1. The van der Waals surface area contributed by atoms with E-state index in [1.807, 2.05) is 11.8 Å². The lowest BCUT2D eigenvalue weighted by Crippen LogP contribution is -2.40. The predicted octanol–water partition coefficient (Wildman–Crippen LogP) is 5.94. The van der Waals surface area contributed by atoms with Crippen LogP contribution in [0.15, 0.2) is 36.9 Å². The fourth-order valence-corrected chi connectivity index (χ4v) is 5.30. The van der Waals surface area contributed by atoms with Crippen molar-refractivity contribution in [3.63, 3.8) is 0 Å². The first kappa shape index (κ1) is 33.3. The predicted molar refractivity (Wildman–Crippen MR) is 154 cm³/mol. The third-order valence-corrected chi connectivity index (χ3v) is 7.22. The Morgan fingerprint density at radius 1 is 1.16 bits per heavy atom. The van der Waals surface area contributed by atoms with Gasteiger partial charge in [-0.2, -0.15) is 0 Å². The number of rotatable bonds is 15. The summed E-state index contributed by atoms with van der Waals surface area (Å²) in [5, 5.41) is 0. The highest BCUT2D eigenvalue weighted by Gasteiger charge is 2.35. The van der Waals surface area contributed by atoms with Crippen LogP contribution in [0.4, 0.5) is 0 Å². The average Bonchev–Trinajstić information content (AvgIpc) is 3.47. The average molecular weight is 519 g/mol. The summed E-state index contributed by atoms with van der Waals surface area (Å²) >= 11 is 0. The van der Waals surface area contributed by atoms with Gasteiger partial charge in [0.05, 0.1) is 26.2 Å². The Labute approximate surface area is 227 Å². The van der Waals surface area contributed by atoms with Crippen LogP contribution >= 0.6 is 0 Å². The van der Waals surface area contributed by atoms with Gasteiger partial charge in [-0.3, -0.25) is 9.69 Å². The quantitative estimate of drug-likeness (QED) is 0.163. The van der Waals surface area contributed by atoms with Crippen LogP contribution in [0.1, 0.15) is 70.9 Å². The highest BCUT2D eigenvalue weighted by atomic mass is 16.7. The zero-order valence-electron chi connectivity index (χ0n) is 23.3. The summed E-state index contributed by atoms with van der Waals surface area (Å²) in [6.45, 7) is 13.3. The van der Waals surface area contributed by atoms with Crippen LogP contribution < -0.4 is 0 Å². The molecule has 1 amide bonds. The molecule has 2 unspecified atom stereocenters. The van der Waals surface area contributed by atoms with Gasteiger partial charge in [0.2, 0.25) is 5.91 Å². The molecular weight excluding hydrogens is 464 g/mol. The first-order valence-electron chi connectivity index (χ1n) is 13.8. The summed E-state index contributed by atoms with van der Waals surface area (Å²) in [5.74, 6) is 1.98. The van der Waals surface area contributed by atoms with Crippen molar-refractivity contribution in [3.8, 4) is 0 Å². The summed E-state index contributed by atoms with van der Waals surface area (Å²) < 4.78 is 16.4. The number of hydrogen-bond acceptors (Lipinski definition) is 5. The molecule has 1 aliphatic carbocycles. The maximum atomic E-state index is 12.7. The molecule has 1 saturated heterocycles. The van der Waals surface area contributed by atoms with Gasteiger partial charge in [0.1, 0.15) is 0 Å². The van der Waals surface area contributed by atoms with Gasteiger partial charge in [-0.05, 0) is 55.6 Å². The molecule has 6 nitrogen and oxygen atoms in total. The molecule has 212 valence electrons. The van der Waals surface area contributed by atoms with Crippen LogP contribution in [0.2, 0.25) is 0 Å². The number of carbonyl (C=O) groups is 1. The molecule has 1 saturated carbocycles. The summed E-state index contributed by atoms with van der Waals surface area (Å²) in [6, 6.07) is 8.91. The number of ether oxygens (including phenoxy) is 3. The Hall–Kier alpha value is -1.73. The Morgan fingerprint density at radius 2 is 1.81 bits per heavy atom. The summed E-state index contributed by atoms with van der Waals surface area (Å²) in [6.07, 6.45) is 8.93. The molecule has 0 N–H and O–H groups in total. The van der Waals surface area contributed by atoms with E-state index in [9.17, 15) is 4.79 Å². The molecule has 3 rings (SSSR count). The van der Waals surface area contributed by atoms with E-state index in [1.54, 1.807) is 20.3 Å². The Morgan fingerprint density at radius 3 is 2.43 bits per heavy atom. The van der Waals surface area contributed by atoms with Crippen molar-refractivity contribution in [2.45, 2.75) is 79.1 Å². The van der Waals surface area contributed by atoms with Gasteiger partial charge in [0.15, 0.2) is 6.29 Å². The Balaban J connectivity index is 0.00000163. The molecule has 2 atom stereocenters. The summed E-state index contributed by atoms with van der Waals surface area (Å²) in [5.41, 5.74) is 2.71. The zero-order valence-corrected chi connectivity index (χ0v) is 23.3. The fraction of sp³-hybridized carbons (Fsp3) is 0.710. The molecule has 0 spiro atoms. The molecule has 1 aromatic carbocycles. The molecule has 2 aliphatic rings. The third-order valence-electron chi connectivity index (χ3n) is 7.22. The normalized spacial score (nSPS) is 18.6. The van der Waals surface area contributed by atoms with Gasteiger partial charge in [0.25, 0.3) is 0 Å². The number of fused-ring (bicyclic) bond motifs is 1. The molecule has 0 bridgehead atoms. The molecule has 0 aromatic heterocycles. The van der Waals surface area contributed by atoms with Crippen LogP contribution in [0, 0.1) is 11.8 Å². The molecule has 0 radical (unpaired) electrons. The first-order valence-corrected chi connectivity index (χ1v) is 13.8. The maximum absolute atomic E-state index is 12.7. The van der Waals surface area contributed by atoms with Crippen molar-refractivity contribution in [2.75, 3.05) is 53.6 Å².